The zero-order valence-corrected chi connectivity index (χ0v) is 14.6. The number of aromatic nitrogens is 1. The summed E-state index contributed by atoms with van der Waals surface area (Å²) in [5, 5.41) is 9.12. The number of benzene rings is 1. The minimum absolute atomic E-state index is 0.111. The maximum atomic E-state index is 13.9. The number of nitrogens with one attached hydrogen (secondary N) is 2. The van der Waals surface area contributed by atoms with Gasteiger partial charge in [-0.25, -0.2) is 4.39 Å². The maximum Gasteiger partial charge on any atom is 0.253 e. The molecule has 26 heavy (non-hydrogen) atoms. The van der Waals surface area contributed by atoms with Crippen LogP contribution in [0, 0.1) is 19.7 Å². The Kier molecular flexibility index (Phi) is 5.32. The molecule has 1 aliphatic heterocycles. The quantitative estimate of drug-likeness (QED) is 0.853. The first kappa shape index (κ1) is 18.1. The van der Waals surface area contributed by atoms with E-state index in [1.165, 1.54) is 6.07 Å². The highest BCUT2D eigenvalue weighted by atomic mass is 19.1. The molecule has 2 aromatic rings. The maximum absolute atomic E-state index is 13.9. The van der Waals surface area contributed by atoms with E-state index in [0.717, 1.165) is 24.1 Å². The lowest BCUT2D eigenvalue weighted by atomic mass is 10.1. The topological polar surface area (TPSA) is 93.5 Å². The molecule has 0 aliphatic carbocycles. The van der Waals surface area contributed by atoms with Gasteiger partial charge in [0, 0.05) is 30.0 Å². The molecule has 2 heterocycles. The molecule has 138 valence electrons. The van der Waals surface area contributed by atoms with Crippen LogP contribution in [0.4, 0.5) is 10.1 Å². The second-order valence-corrected chi connectivity index (χ2v) is 6.20. The van der Waals surface area contributed by atoms with E-state index >= 15 is 0 Å². The average molecular weight is 361 g/mol. The highest BCUT2D eigenvalue weighted by molar-refractivity contribution is 5.98. The molecule has 1 unspecified atom stereocenters. The first-order chi connectivity index (χ1) is 12.4. The van der Waals surface area contributed by atoms with E-state index in [1.54, 1.807) is 13.8 Å². The largest absolute Gasteiger partial charge is 0.368 e. The van der Waals surface area contributed by atoms with Gasteiger partial charge in [0.25, 0.3) is 11.8 Å². The molecule has 1 aromatic carbocycles. The van der Waals surface area contributed by atoms with E-state index in [2.05, 4.69) is 15.8 Å². The first-order valence-corrected chi connectivity index (χ1v) is 8.37. The van der Waals surface area contributed by atoms with Crippen LogP contribution >= 0.6 is 0 Å². The minimum atomic E-state index is -0.613. The van der Waals surface area contributed by atoms with Crippen molar-refractivity contribution < 1.29 is 23.2 Å². The second-order valence-electron chi connectivity index (χ2n) is 6.20. The number of halogens is 1. The van der Waals surface area contributed by atoms with Crippen molar-refractivity contribution in [3.63, 3.8) is 0 Å². The van der Waals surface area contributed by atoms with Gasteiger partial charge in [-0.1, -0.05) is 5.16 Å². The van der Waals surface area contributed by atoms with E-state index in [0.29, 0.717) is 24.5 Å². The predicted octanol–water partition coefficient (Wildman–Crippen LogP) is 2.48. The molecule has 1 fully saturated rings. The molecular weight excluding hydrogens is 341 g/mol. The number of hydrogen-bond acceptors (Lipinski definition) is 5. The lowest BCUT2D eigenvalue weighted by molar-refractivity contribution is -0.124. The number of anilines is 1. The van der Waals surface area contributed by atoms with E-state index in [4.69, 9.17) is 9.26 Å². The van der Waals surface area contributed by atoms with Crippen LogP contribution in [-0.4, -0.2) is 29.7 Å². The molecule has 0 saturated carbocycles. The van der Waals surface area contributed by atoms with Crippen LogP contribution in [0.3, 0.4) is 0 Å². The molecule has 3 rings (SSSR count). The fraction of sp³-hybridized carbons (Fsp3) is 0.389. The van der Waals surface area contributed by atoms with Crippen molar-refractivity contribution >= 4 is 17.5 Å². The van der Waals surface area contributed by atoms with Crippen LogP contribution < -0.4 is 10.6 Å². The highest BCUT2D eigenvalue weighted by Crippen LogP contribution is 2.18. The van der Waals surface area contributed by atoms with Crippen molar-refractivity contribution in [1.29, 1.82) is 0 Å². The van der Waals surface area contributed by atoms with Crippen LogP contribution in [-0.2, 0) is 16.1 Å². The standard InChI is InChI=1S/C18H20FN3O4/c1-10-15(11(2)26-22-10)9-20-17(23)12-6-13(19)8-14(7-12)21-18(24)16-4-3-5-25-16/h6-8,16H,3-5,9H2,1-2H3,(H,20,23)(H,21,24). The van der Waals surface area contributed by atoms with E-state index < -0.39 is 17.8 Å². The summed E-state index contributed by atoms with van der Waals surface area (Å²) in [6.45, 7) is 4.28. The predicted molar refractivity (Wildman–Crippen MR) is 91.2 cm³/mol. The Morgan fingerprint density at radius 3 is 2.77 bits per heavy atom. The summed E-state index contributed by atoms with van der Waals surface area (Å²) in [7, 11) is 0. The number of hydrogen-bond donors (Lipinski definition) is 2. The number of ether oxygens (including phenoxy) is 1. The zero-order valence-electron chi connectivity index (χ0n) is 14.6. The molecule has 1 aromatic heterocycles. The summed E-state index contributed by atoms with van der Waals surface area (Å²) in [6, 6.07) is 3.71. The Labute approximate surface area is 149 Å². The zero-order chi connectivity index (χ0) is 18.7. The van der Waals surface area contributed by atoms with E-state index in [1.807, 2.05) is 0 Å². The third-order valence-electron chi connectivity index (χ3n) is 4.26. The van der Waals surface area contributed by atoms with E-state index in [9.17, 15) is 14.0 Å². The Bertz CT molecular complexity index is 808. The molecule has 0 spiro atoms. The lowest BCUT2D eigenvalue weighted by Crippen LogP contribution is -2.27. The van der Waals surface area contributed by atoms with Gasteiger partial charge in [0.1, 0.15) is 17.7 Å². The SMILES string of the molecule is Cc1noc(C)c1CNC(=O)c1cc(F)cc(NC(=O)C2CCCO2)c1. The molecule has 8 heteroatoms. The van der Waals surface area contributed by atoms with Gasteiger partial charge in [-0.2, -0.15) is 0 Å². The smallest absolute Gasteiger partial charge is 0.253 e. The number of carbonyl (C=O) groups is 2. The second kappa shape index (κ2) is 7.65. The molecule has 1 atom stereocenters. The van der Waals surface area contributed by atoms with Crippen molar-refractivity contribution in [2.45, 2.75) is 39.3 Å². The van der Waals surface area contributed by atoms with Gasteiger partial charge in [-0.15, -0.1) is 0 Å². The molecule has 0 bridgehead atoms. The summed E-state index contributed by atoms with van der Waals surface area (Å²) in [6.07, 6.45) is 0.915. The van der Waals surface area contributed by atoms with Gasteiger partial charge < -0.3 is 19.9 Å². The van der Waals surface area contributed by atoms with Gasteiger partial charge >= 0.3 is 0 Å². The number of nitrogens with zero attached hydrogens (tertiary/aromatic N) is 1. The Morgan fingerprint density at radius 1 is 1.31 bits per heavy atom. The third-order valence-corrected chi connectivity index (χ3v) is 4.26. The molecule has 2 N–H and O–H groups in total. The first-order valence-electron chi connectivity index (χ1n) is 8.37. The van der Waals surface area contributed by atoms with Crippen LogP contribution in [0.15, 0.2) is 22.7 Å². The van der Waals surface area contributed by atoms with Crippen molar-refractivity contribution in [3.05, 3.63) is 46.6 Å². The summed E-state index contributed by atoms with van der Waals surface area (Å²) in [5.74, 6) is -0.795. The molecule has 0 radical (unpaired) electrons. The average Bonchev–Trinajstić information content (AvgIpc) is 3.23. The van der Waals surface area contributed by atoms with Gasteiger partial charge in [0.2, 0.25) is 0 Å². The fourth-order valence-corrected chi connectivity index (χ4v) is 2.83. The normalized spacial score (nSPS) is 16.5. The summed E-state index contributed by atoms with van der Waals surface area (Å²) >= 11 is 0. The van der Waals surface area contributed by atoms with Crippen molar-refractivity contribution in [2.75, 3.05) is 11.9 Å². The number of aryl methyl sites for hydroxylation is 2. The van der Waals surface area contributed by atoms with Crippen molar-refractivity contribution in [3.8, 4) is 0 Å². The van der Waals surface area contributed by atoms with Gasteiger partial charge in [-0.3, -0.25) is 9.59 Å². The molecule has 7 nitrogen and oxygen atoms in total. The summed E-state index contributed by atoms with van der Waals surface area (Å²) in [5.41, 5.74) is 1.79. The van der Waals surface area contributed by atoms with Gasteiger partial charge in [-0.05, 0) is 44.9 Å². The Balaban J connectivity index is 1.68. The van der Waals surface area contributed by atoms with Crippen LogP contribution in [0.5, 0.6) is 0 Å². The van der Waals surface area contributed by atoms with Crippen molar-refractivity contribution in [1.82, 2.24) is 10.5 Å². The number of rotatable bonds is 5. The van der Waals surface area contributed by atoms with Gasteiger partial charge in [0.05, 0.1) is 5.69 Å². The monoisotopic (exact) mass is 361 g/mol. The van der Waals surface area contributed by atoms with Crippen molar-refractivity contribution in [2.24, 2.45) is 0 Å². The van der Waals surface area contributed by atoms with Crippen LogP contribution in [0.2, 0.25) is 0 Å². The summed E-state index contributed by atoms with van der Waals surface area (Å²) in [4.78, 5) is 24.4. The molecule has 1 saturated heterocycles. The number of carbonyl (C=O) groups excluding carboxylic acids is 2. The van der Waals surface area contributed by atoms with Gasteiger partial charge in [0.15, 0.2) is 0 Å². The Hall–Kier alpha value is -2.74. The fourth-order valence-electron chi connectivity index (χ4n) is 2.83. The highest BCUT2D eigenvalue weighted by Gasteiger charge is 2.24. The van der Waals surface area contributed by atoms with Crippen LogP contribution in [0.25, 0.3) is 0 Å². The summed E-state index contributed by atoms with van der Waals surface area (Å²) < 4.78 is 24.2. The Morgan fingerprint density at radius 2 is 2.12 bits per heavy atom. The molecular formula is C18H20FN3O4. The number of amides is 2. The van der Waals surface area contributed by atoms with Crippen LogP contribution in [0.1, 0.15) is 40.2 Å². The molecule has 2 amide bonds. The molecule has 1 aliphatic rings. The van der Waals surface area contributed by atoms with E-state index in [-0.39, 0.29) is 23.7 Å². The third kappa shape index (κ3) is 4.08. The lowest BCUT2D eigenvalue weighted by Gasteiger charge is -2.12. The minimum Gasteiger partial charge on any atom is -0.368 e.